The smallest absolute Gasteiger partial charge is 0.109 e. The molecule has 3 aliphatic heterocycles. The molecule has 2 aromatic rings. The standard InChI is InChI=1S/C34H45N5/c1-2-7-24(6-1)33-37-22-31(38-33)23-11-16-39(17-12-23)32-10-9-26(25-18-30(36-21-25)29-8-5-15-35-29)27-19-34(20-28(27)32)13-3-4-14-34/h9-10,21-24,29,35H,1-8,11-20H2,(H,37,38)/t29-/m0/s1. The Balaban J connectivity index is 1.02. The maximum absolute atomic E-state index is 4.94. The molecule has 2 N–H and O–H groups in total. The van der Waals surface area contributed by atoms with Gasteiger partial charge in [-0.05, 0) is 104 Å². The van der Waals surface area contributed by atoms with Gasteiger partial charge in [0.1, 0.15) is 5.82 Å². The lowest BCUT2D eigenvalue weighted by Gasteiger charge is -2.35. The normalized spacial score (nSPS) is 27.1. The van der Waals surface area contributed by atoms with Crippen molar-refractivity contribution in [3.05, 3.63) is 52.7 Å². The number of imidazole rings is 1. The van der Waals surface area contributed by atoms with E-state index >= 15 is 0 Å². The highest BCUT2D eigenvalue weighted by Gasteiger charge is 2.42. The van der Waals surface area contributed by atoms with E-state index in [0.717, 1.165) is 26.1 Å². The number of rotatable bonds is 5. The summed E-state index contributed by atoms with van der Waals surface area (Å²) in [5.74, 6) is 2.56. The van der Waals surface area contributed by atoms with Crippen molar-refractivity contribution >= 4 is 17.0 Å². The highest BCUT2D eigenvalue weighted by Crippen LogP contribution is 2.53. The number of hydrogen-bond acceptors (Lipinski definition) is 4. The summed E-state index contributed by atoms with van der Waals surface area (Å²) in [4.78, 5) is 16.3. The minimum atomic E-state index is 0.498. The molecule has 0 bridgehead atoms. The minimum Gasteiger partial charge on any atom is -0.371 e. The summed E-state index contributed by atoms with van der Waals surface area (Å²) in [5, 5.41) is 3.67. The van der Waals surface area contributed by atoms with Gasteiger partial charge in [-0.1, -0.05) is 31.7 Å². The van der Waals surface area contributed by atoms with Gasteiger partial charge in [0.05, 0.1) is 0 Å². The average molecular weight is 524 g/mol. The molecule has 0 radical (unpaired) electrons. The van der Waals surface area contributed by atoms with Gasteiger partial charge in [0, 0.05) is 66.9 Å². The van der Waals surface area contributed by atoms with Crippen LogP contribution in [0.25, 0.3) is 5.57 Å². The van der Waals surface area contributed by atoms with Gasteiger partial charge in [-0.15, -0.1) is 0 Å². The number of piperidine rings is 1. The summed E-state index contributed by atoms with van der Waals surface area (Å²) in [6, 6.07) is 5.46. The Kier molecular flexibility index (Phi) is 6.20. The van der Waals surface area contributed by atoms with Crippen molar-refractivity contribution in [2.45, 2.75) is 114 Å². The van der Waals surface area contributed by atoms with Crippen LogP contribution in [0.15, 0.2) is 29.5 Å². The topological polar surface area (TPSA) is 56.3 Å². The van der Waals surface area contributed by atoms with Crippen LogP contribution in [0.3, 0.4) is 0 Å². The van der Waals surface area contributed by atoms with Gasteiger partial charge < -0.3 is 15.2 Å². The van der Waals surface area contributed by atoms with Crippen molar-refractivity contribution in [2.75, 3.05) is 24.5 Å². The van der Waals surface area contributed by atoms with Crippen LogP contribution in [0.2, 0.25) is 0 Å². The van der Waals surface area contributed by atoms with Gasteiger partial charge in [-0.2, -0.15) is 0 Å². The van der Waals surface area contributed by atoms with Crippen molar-refractivity contribution in [3.8, 4) is 0 Å². The number of aromatic nitrogens is 2. The van der Waals surface area contributed by atoms with E-state index in [4.69, 9.17) is 9.98 Å². The Bertz CT molecular complexity index is 1270. The lowest BCUT2D eigenvalue weighted by atomic mass is 9.82. The minimum absolute atomic E-state index is 0.498. The lowest BCUT2D eigenvalue weighted by molar-refractivity contribution is 0.317. The van der Waals surface area contributed by atoms with Gasteiger partial charge in [0.15, 0.2) is 0 Å². The van der Waals surface area contributed by atoms with Crippen LogP contribution in [-0.2, 0) is 12.8 Å². The summed E-state index contributed by atoms with van der Waals surface area (Å²) in [5.41, 5.74) is 11.2. The average Bonchev–Trinajstić information content (AvgIpc) is 3.81. The molecular weight excluding hydrogens is 478 g/mol. The quantitative estimate of drug-likeness (QED) is 0.442. The molecule has 2 saturated heterocycles. The molecule has 1 spiro atoms. The van der Waals surface area contributed by atoms with Crippen molar-refractivity contribution in [2.24, 2.45) is 10.4 Å². The first kappa shape index (κ1) is 24.4. The van der Waals surface area contributed by atoms with Crippen molar-refractivity contribution < 1.29 is 0 Å². The summed E-state index contributed by atoms with van der Waals surface area (Å²) in [6.45, 7) is 3.46. The van der Waals surface area contributed by atoms with Gasteiger partial charge >= 0.3 is 0 Å². The van der Waals surface area contributed by atoms with Crippen LogP contribution in [0.5, 0.6) is 0 Å². The summed E-state index contributed by atoms with van der Waals surface area (Å²) < 4.78 is 0. The molecule has 0 amide bonds. The van der Waals surface area contributed by atoms with Crippen LogP contribution < -0.4 is 10.2 Å². The zero-order chi connectivity index (χ0) is 25.8. The highest BCUT2D eigenvalue weighted by molar-refractivity contribution is 6.02. The number of H-pyrrole nitrogens is 1. The molecule has 3 aliphatic carbocycles. The predicted octanol–water partition coefficient (Wildman–Crippen LogP) is 7.05. The van der Waals surface area contributed by atoms with Crippen molar-refractivity contribution in [1.29, 1.82) is 0 Å². The fraction of sp³-hybridized carbons (Fsp3) is 0.647. The van der Waals surface area contributed by atoms with Gasteiger partial charge in [-0.25, -0.2) is 4.98 Å². The third-order valence-electron chi connectivity index (χ3n) is 11.4. The maximum atomic E-state index is 4.94. The van der Waals surface area contributed by atoms with E-state index in [-0.39, 0.29) is 0 Å². The molecule has 1 atom stereocenters. The number of benzene rings is 1. The number of nitrogens with one attached hydrogen (secondary N) is 2. The SMILES string of the molecule is C1=C(c2ccc(N3CCC(c4cnc(C5CCCC5)[nH]4)CC3)c3c2CC2(CCCC2)C3)CC([C@@H]2CCCN2)=N1. The second-order valence-electron chi connectivity index (χ2n) is 13.7. The van der Waals surface area contributed by atoms with E-state index in [2.05, 4.69) is 39.7 Å². The second-order valence-corrected chi connectivity index (χ2v) is 13.7. The number of aliphatic imine (C=N–C) groups is 1. The fourth-order valence-corrected chi connectivity index (χ4v) is 9.16. The van der Waals surface area contributed by atoms with Gasteiger partial charge in [0.25, 0.3) is 0 Å². The third-order valence-corrected chi connectivity index (χ3v) is 11.4. The van der Waals surface area contributed by atoms with Crippen molar-refractivity contribution in [1.82, 2.24) is 15.3 Å². The Hall–Kier alpha value is -2.40. The first-order chi connectivity index (χ1) is 19.2. The molecule has 4 fully saturated rings. The van der Waals surface area contributed by atoms with E-state index in [1.54, 1.807) is 16.8 Å². The van der Waals surface area contributed by atoms with Crippen LogP contribution in [0, 0.1) is 5.41 Å². The first-order valence-corrected chi connectivity index (χ1v) is 16.2. The molecule has 4 heterocycles. The van der Waals surface area contributed by atoms with E-state index in [0.29, 0.717) is 23.3 Å². The maximum Gasteiger partial charge on any atom is 0.109 e. The molecule has 8 rings (SSSR count). The predicted molar refractivity (Wildman–Crippen MR) is 160 cm³/mol. The number of hydrogen-bond donors (Lipinski definition) is 2. The Morgan fingerprint density at radius 1 is 0.846 bits per heavy atom. The van der Waals surface area contributed by atoms with Crippen LogP contribution >= 0.6 is 0 Å². The number of allylic oxidation sites excluding steroid dienone is 1. The zero-order valence-corrected chi connectivity index (χ0v) is 23.6. The monoisotopic (exact) mass is 523 g/mol. The first-order valence-electron chi connectivity index (χ1n) is 16.2. The summed E-state index contributed by atoms with van der Waals surface area (Å²) in [7, 11) is 0. The zero-order valence-electron chi connectivity index (χ0n) is 23.6. The van der Waals surface area contributed by atoms with Crippen LogP contribution in [0.4, 0.5) is 5.69 Å². The second kappa shape index (κ2) is 9.90. The molecule has 2 saturated carbocycles. The number of fused-ring (bicyclic) bond motifs is 1. The largest absolute Gasteiger partial charge is 0.371 e. The number of aromatic amines is 1. The van der Waals surface area contributed by atoms with Crippen LogP contribution in [-0.4, -0.2) is 41.4 Å². The van der Waals surface area contributed by atoms with Crippen molar-refractivity contribution in [3.63, 3.8) is 0 Å². The summed E-state index contributed by atoms with van der Waals surface area (Å²) in [6.07, 6.45) is 24.0. The third kappa shape index (κ3) is 4.40. The van der Waals surface area contributed by atoms with E-state index in [9.17, 15) is 0 Å². The number of nitrogens with zero attached hydrogens (tertiary/aromatic N) is 3. The Morgan fingerprint density at radius 3 is 2.46 bits per heavy atom. The van der Waals surface area contributed by atoms with Gasteiger partial charge in [0.2, 0.25) is 0 Å². The molecule has 0 unspecified atom stereocenters. The molecule has 39 heavy (non-hydrogen) atoms. The highest BCUT2D eigenvalue weighted by atomic mass is 15.1. The molecule has 1 aromatic carbocycles. The molecule has 5 heteroatoms. The molecule has 1 aromatic heterocycles. The Morgan fingerprint density at radius 2 is 1.67 bits per heavy atom. The molecule has 6 aliphatic rings. The fourth-order valence-electron chi connectivity index (χ4n) is 9.16. The number of anilines is 1. The Labute approximate surface area is 234 Å². The molecular formula is C34H45N5. The molecule has 5 nitrogen and oxygen atoms in total. The van der Waals surface area contributed by atoms with E-state index < -0.39 is 0 Å². The van der Waals surface area contributed by atoms with Crippen LogP contribution in [0.1, 0.15) is 124 Å². The summed E-state index contributed by atoms with van der Waals surface area (Å²) >= 11 is 0. The molecule has 206 valence electrons. The van der Waals surface area contributed by atoms with E-state index in [1.165, 1.54) is 118 Å². The van der Waals surface area contributed by atoms with E-state index in [1.807, 2.05) is 0 Å². The van der Waals surface area contributed by atoms with Gasteiger partial charge in [-0.3, -0.25) is 4.99 Å². The lowest BCUT2D eigenvalue weighted by Crippen LogP contribution is -2.33.